The number of anilines is 12. The van der Waals surface area contributed by atoms with Gasteiger partial charge < -0.3 is 19.6 Å². The van der Waals surface area contributed by atoms with E-state index in [9.17, 15) is 0 Å². The fraction of sp³-hybridized carbons (Fsp3) is 0.0571. The zero-order valence-corrected chi connectivity index (χ0v) is 81.5. The van der Waals surface area contributed by atoms with Gasteiger partial charge in [-0.25, -0.2) is 0 Å². The van der Waals surface area contributed by atoms with Crippen molar-refractivity contribution < 1.29 is 0 Å². The summed E-state index contributed by atoms with van der Waals surface area (Å²) in [5, 5.41) is 0. The summed E-state index contributed by atoms with van der Waals surface area (Å²) in [6.45, 7) is 9.15. The number of hydrogen-bond acceptors (Lipinski definition) is 4. The number of rotatable bonds is 29. The van der Waals surface area contributed by atoms with Crippen LogP contribution < -0.4 is 19.6 Å². The van der Waals surface area contributed by atoms with Crippen LogP contribution in [0.1, 0.15) is 63.5 Å². The molecule has 0 aromatic heterocycles. The first-order chi connectivity index (χ1) is 71.0. The Labute approximate surface area is 848 Å². The molecule has 2 atom stereocenters. The molecule has 4 heteroatoms. The second-order valence-corrected chi connectivity index (χ2v) is 37.5. The zero-order chi connectivity index (χ0) is 97.0. The van der Waals surface area contributed by atoms with Gasteiger partial charge in [-0.15, -0.1) is 0 Å². The highest BCUT2D eigenvalue weighted by Crippen LogP contribution is 2.46. The Bertz CT molecular complexity index is 7770. The highest BCUT2D eigenvalue weighted by atomic mass is 15.2. The van der Waals surface area contributed by atoms with Crippen molar-refractivity contribution in [3.05, 3.63) is 569 Å². The molecule has 0 bridgehead atoms. The first-order valence-electron chi connectivity index (χ1n) is 50.3. The highest BCUT2D eigenvalue weighted by molar-refractivity contribution is 5.89. The lowest BCUT2D eigenvalue weighted by atomic mass is 9.97. The average molecular weight is 1850 g/mol. The van der Waals surface area contributed by atoms with Gasteiger partial charge in [0.25, 0.3) is 0 Å². The maximum absolute atomic E-state index is 2.39. The van der Waals surface area contributed by atoms with Crippen LogP contribution in [0.4, 0.5) is 68.2 Å². The van der Waals surface area contributed by atoms with Gasteiger partial charge in [-0.2, -0.15) is 0 Å². The van der Waals surface area contributed by atoms with Crippen LogP contribution >= 0.6 is 0 Å². The molecular formula is C140H110N4. The van der Waals surface area contributed by atoms with Crippen molar-refractivity contribution in [1.29, 1.82) is 0 Å². The quantitative estimate of drug-likeness (QED) is 0.0463. The van der Waals surface area contributed by atoms with Crippen molar-refractivity contribution in [2.24, 2.45) is 0 Å². The molecule has 0 aliphatic heterocycles. The lowest BCUT2D eigenvalue weighted by Gasteiger charge is -2.27. The lowest BCUT2D eigenvalue weighted by Crippen LogP contribution is -2.10. The molecule has 0 amide bonds. The fourth-order valence-electron chi connectivity index (χ4n) is 19.9. The van der Waals surface area contributed by atoms with Crippen molar-refractivity contribution in [1.82, 2.24) is 0 Å². The molecular weight excluding hydrogens is 1740 g/mol. The van der Waals surface area contributed by atoms with Crippen LogP contribution in [0.2, 0.25) is 0 Å². The standard InChI is InChI=1S/C140H110N4/c1-5-99(3)101-50-74-129(75-51-101)141(131-86-62-121(63-87-131)123-66-90-137(91-67-123)143(133-78-54-117(55-79-133)113-40-32-108(33-41-113)104-22-13-8-14-23-104)134-80-56-118(57-81-134)114-42-34-109(35-43-114)105-24-15-9-16-25-105)139-94-70-125(71-95-139)127-28-19-29-128(98-127)126-72-96-140(97-73-126)142(130-76-52-102(53-77-130)100(4)6-2)132-88-64-122(65-89-132)124-68-92-138(93-69-124)144(135-82-58-119(59-83-135)115-44-36-110(37-45-115)106-26-17-10-18-27-106)136-84-60-120(61-85-136)116-48-46-112(47-49-116)111-38-30-107(31-39-111)103-20-11-7-12-21-103/h7-100H,5-6H2,1-4H3. The molecule has 690 valence electrons. The lowest BCUT2D eigenvalue weighted by molar-refractivity contribution is 0.733. The van der Waals surface area contributed by atoms with E-state index in [-0.39, 0.29) is 0 Å². The van der Waals surface area contributed by atoms with Crippen LogP contribution in [0.3, 0.4) is 0 Å². The summed E-state index contributed by atoms with van der Waals surface area (Å²) in [5.41, 5.74) is 46.1. The summed E-state index contributed by atoms with van der Waals surface area (Å²) < 4.78 is 0. The monoisotopic (exact) mass is 1850 g/mol. The third kappa shape index (κ3) is 20.0. The Balaban J connectivity index is 0.511. The Morgan fingerprint density at radius 2 is 0.222 bits per heavy atom. The first kappa shape index (κ1) is 91.1. The third-order valence-electron chi connectivity index (χ3n) is 28.6. The van der Waals surface area contributed by atoms with Crippen molar-refractivity contribution in [3.8, 4) is 145 Å². The topological polar surface area (TPSA) is 13.0 Å². The number of nitrogens with zero attached hydrogens (tertiary/aromatic N) is 4. The summed E-state index contributed by atoms with van der Waals surface area (Å²) in [7, 11) is 0. The van der Waals surface area contributed by atoms with Crippen LogP contribution in [0, 0.1) is 0 Å². The molecule has 0 heterocycles. The molecule has 22 aromatic rings. The largest absolute Gasteiger partial charge is 0.311 e. The predicted molar refractivity (Wildman–Crippen MR) is 613 cm³/mol. The van der Waals surface area contributed by atoms with Gasteiger partial charge in [0, 0.05) is 68.2 Å². The van der Waals surface area contributed by atoms with Crippen LogP contribution in [-0.2, 0) is 0 Å². The van der Waals surface area contributed by atoms with E-state index in [0.29, 0.717) is 11.8 Å². The molecule has 144 heavy (non-hydrogen) atoms. The SMILES string of the molecule is CCC(C)c1ccc(N(c2ccc(-c3ccc(N(c4ccc(-c5ccc(-c6ccccc6)cc5)cc4)c4ccc(-c5ccc(-c6ccccc6)cc5)cc4)cc3)cc2)c2ccc(-c3cccc(-c4ccc(N(c5ccc(-c6ccc(N(c7ccc(-c8ccc(-c9ccccc9)cc8)cc7)c7ccc(-c8ccc(-c9ccc(-c%10ccccc%10)cc9)cc8)cc7)cc6)cc5)c5ccc(C(C)CC)cc5)cc4)c3)cc2)cc1. The summed E-state index contributed by atoms with van der Waals surface area (Å²) in [6.07, 6.45) is 2.15. The maximum atomic E-state index is 2.39. The van der Waals surface area contributed by atoms with Gasteiger partial charge in [-0.05, 0) is 332 Å². The highest BCUT2D eigenvalue weighted by Gasteiger charge is 2.23. The Morgan fingerprint density at radius 1 is 0.118 bits per heavy atom. The third-order valence-corrected chi connectivity index (χ3v) is 28.6. The average Bonchev–Trinajstić information content (AvgIpc) is 0.786. The molecule has 4 nitrogen and oxygen atoms in total. The Morgan fingerprint density at radius 3 is 0.354 bits per heavy atom. The van der Waals surface area contributed by atoms with E-state index < -0.39 is 0 Å². The van der Waals surface area contributed by atoms with Crippen molar-refractivity contribution in [3.63, 3.8) is 0 Å². The summed E-state index contributed by atoms with van der Waals surface area (Å²) >= 11 is 0. The zero-order valence-electron chi connectivity index (χ0n) is 81.5. The van der Waals surface area contributed by atoms with E-state index in [4.69, 9.17) is 0 Å². The van der Waals surface area contributed by atoms with Crippen molar-refractivity contribution in [2.75, 3.05) is 19.6 Å². The number of benzene rings is 22. The van der Waals surface area contributed by atoms with Crippen LogP contribution in [0.5, 0.6) is 0 Å². The first-order valence-corrected chi connectivity index (χ1v) is 50.3. The molecule has 0 N–H and O–H groups in total. The van der Waals surface area contributed by atoms with Crippen LogP contribution in [-0.4, -0.2) is 0 Å². The van der Waals surface area contributed by atoms with E-state index >= 15 is 0 Å². The Hall–Kier alpha value is -18.0. The van der Waals surface area contributed by atoms with Gasteiger partial charge in [0.1, 0.15) is 0 Å². The molecule has 0 aliphatic rings. The molecule has 0 aliphatic carbocycles. The van der Waals surface area contributed by atoms with Gasteiger partial charge >= 0.3 is 0 Å². The minimum atomic E-state index is 0.452. The van der Waals surface area contributed by atoms with Crippen LogP contribution in [0.25, 0.3) is 145 Å². The second-order valence-electron chi connectivity index (χ2n) is 37.5. The minimum absolute atomic E-state index is 0.452. The van der Waals surface area contributed by atoms with Crippen LogP contribution in [0.15, 0.2) is 558 Å². The normalized spacial score (nSPS) is 11.6. The van der Waals surface area contributed by atoms with Gasteiger partial charge in [0.05, 0.1) is 0 Å². The summed E-state index contributed by atoms with van der Waals surface area (Å²) in [5.74, 6) is 0.907. The van der Waals surface area contributed by atoms with Gasteiger partial charge in [0.15, 0.2) is 0 Å². The predicted octanol–water partition coefficient (Wildman–Crippen LogP) is 40.3. The molecule has 0 radical (unpaired) electrons. The fourth-order valence-corrected chi connectivity index (χ4v) is 19.9. The maximum Gasteiger partial charge on any atom is 0.0462 e. The summed E-state index contributed by atoms with van der Waals surface area (Å²) in [4.78, 5) is 9.50. The van der Waals surface area contributed by atoms with Gasteiger partial charge in [0.2, 0.25) is 0 Å². The molecule has 0 saturated heterocycles. The number of hydrogen-bond donors (Lipinski definition) is 0. The van der Waals surface area contributed by atoms with E-state index in [1.165, 1.54) is 100 Å². The smallest absolute Gasteiger partial charge is 0.0462 e. The van der Waals surface area contributed by atoms with Gasteiger partial charge in [-0.1, -0.05) is 434 Å². The minimum Gasteiger partial charge on any atom is -0.311 e. The van der Waals surface area contributed by atoms with Crippen molar-refractivity contribution >= 4 is 68.2 Å². The molecule has 22 aromatic carbocycles. The molecule has 0 fully saturated rings. The molecule has 22 rings (SSSR count). The van der Waals surface area contributed by atoms with E-state index in [0.717, 1.165) is 137 Å². The van der Waals surface area contributed by atoms with E-state index in [2.05, 4.69) is 605 Å². The van der Waals surface area contributed by atoms with E-state index in [1.807, 2.05) is 0 Å². The molecule has 2 unspecified atom stereocenters. The molecule has 0 spiro atoms. The second kappa shape index (κ2) is 42.0. The van der Waals surface area contributed by atoms with Crippen molar-refractivity contribution in [2.45, 2.75) is 52.4 Å². The van der Waals surface area contributed by atoms with E-state index in [1.54, 1.807) is 0 Å². The van der Waals surface area contributed by atoms with Gasteiger partial charge in [-0.3, -0.25) is 0 Å². The Kier molecular flexibility index (Phi) is 26.6. The summed E-state index contributed by atoms with van der Waals surface area (Å²) in [6, 6.07) is 204. The molecule has 0 saturated carbocycles.